The van der Waals surface area contributed by atoms with E-state index in [-0.39, 0.29) is 30.2 Å². The maximum atomic E-state index is 12.3. The molecule has 2 atom stereocenters. The second-order valence-electron chi connectivity index (χ2n) is 6.91. The van der Waals surface area contributed by atoms with Gasteiger partial charge in [0.2, 0.25) is 11.8 Å². The zero-order valence-corrected chi connectivity index (χ0v) is 13.4. The lowest BCUT2D eigenvalue weighted by Gasteiger charge is -2.24. The topological polar surface area (TPSA) is 86.7 Å². The smallest absolute Gasteiger partial charge is 0.326 e. The lowest BCUT2D eigenvalue weighted by molar-refractivity contribution is -0.142. The van der Waals surface area contributed by atoms with Crippen molar-refractivity contribution in [3.8, 4) is 0 Å². The lowest BCUT2D eigenvalue weighted by Crippen LogP contribution is -2.45. The number of hydrogen-bond donors (Lipinski definition) is 2. The largest absolute Gasteiger partial charge is 0.480 e. The Labute approximate surface area is 131 Å². The van der Waals surface area contributed by atoms with Gasteiger partial charge in [0.1, 0.15) is 6.04 Å². The van der Waals surface area contributed by atoms with E-state index in [0.717, 1.165) is 25.7 Å². The van der Waals surface area contributed by atoms with Gasteiger partial charge in [0.25, 0.3) is 0 Å². The maximum Gasteiger partial charge on any atom is 0.326 e. The summed E-state index contributed by atoms with van der Waals surface area (Å²) in [7, 11) is 0. The average Bonchev–Trinajstić information content (AvgIpc) is 3.05. The molecule has 1 saturated carbocycles. The van der Waals surface area contributed by atoms with Gasteiger partial charge in [-0.1, -0.05) is 26.7 Å². The molecule has 0 aromatic carbocycles. The molecule has 6 heteroatoms. The zero-order chi connectivity index (χ0) is 16.3. The number of nitrogens with zero attached hydrogens (tertiary/aromatic N) is 1. The van der Waals surface area contributed by atoms with Crippen LogP contribution in [0.5, 0.6) is 0 Å². The minimum atomic E-state index is -1.01. The molecule has 0 aromatic heterocycles. The van der Waals surface area contributed by atoms with Gasteiger partial charge >= 0.3 is 5.97 Å². The van der Waals surface area contributed by atoms with Crippen molar-refractivity contribution < 1.29 is 19.5 Å². The highest BCUT2D eigenvalue weighted by molar-refractivity contribution is 5.91. The summed E-state index contributed by atoms with van der Waals surface area (Å²) in [5, 5.41) is 11.8. The van der Waals surface area contributed by atoms with Gasteiger partial charge in [-0.05, 0) is 25.2 Å². The Kier molecular flexibility index (Phi) is 5.42. The van der Waals surface area contributed by atoms with Gasteiger partial charge in [0, 0.05) is 19.0 Å². The number of carbonyl (C=O) groups excluding carboxylic acids is 2. The molecular weight excluding hydrogens is 284 g/mol. The highest BCUT2D eigenvalue weighted by atomic mass is 16.4. The van der Waals surface area contributed by atoms with Crippen molar-refractivity contribution in [3.05, 3.63) is 0 Å². The third-order valence-corrected chi connectivity index (χ3v) is 4.62. The number of carboxylic acid groups (broad SMARTS) is 1. The van der Waals surface area contributed by atoms with Crippen LogP contribution >= 0.6 is 0 Å². The van der Waals surface area contributed by atoms with Crippen molar-refractivity contribution in [2.45, 2.75) is 64.5 Å². The van der Waals surface area contributed by atoms with Gasteiger partial charge in [-0.25, -0.2) is 4.79 Å². The van der Waals surface area contributed by atoms with E-state index < -0.39 is 17.9 Å². The summed E-state index contributed by atoms with van der Waals surface area (Å²) in [4.78, 5) is 37.5. The van der Waals surface area contributed by atoms with Crippen LogP contribution in [0.4, 0.5) is 0 Å². The van der Waals surface area contributed by atoms with E-state index in [0.29, 0.717) is 13.0 Å². The Morgan fingerprint density at radius 2 is 1.95 bits per heavy atom. The Morgan fingerprint density at radius 1 is 1.32 bits per heavy atom. The molecule has 0 aromatic rings. The summed E-state index contributed by atoms with van der Waals surface area (Å²) >= 11 is 0. The van der Waals surface area contributed by atoms with Crippen molar-refractivity contribution in [1.82, 2.24) is 10.2 Å². The first-order valence-corrected chi connectivity index (χ1v) is 8.21. The summed E-state index contributed by atoms with van der Waals surface area (Å²) in [5.74, 6) is -1.52. The van der Waals surface area contributed by atoms with Gasteiger partial charge < -0.3 is 15.3 Å². The number of amides is 2. The molecule has 124 valence electrons. The molecule has 1 aliphatic carbocycles. The highest BCUT2D eigenvalue weighted by Crippen LogP contribution is 2.29. The Balaban J connectivity index is 1.92. The number of likely N-dealkylation sites (tertiary alicyclic amines) is 1. The normalized spacial score (nSPS) is 24.0. The summed E-state index contributed by atoms with van der Waals surface area (Å²) in [6.45, 7) is 4.27. The molecule has 0 spiro atoms. The van der Waals surface area contributed by atoms with Gasteiger partial charge in [0.05, 0.1) is 5.92 Å². The van der Waals surface area contributed by atoms with E-state index in [4.69, 9.17) is 0 Å². The molecule has 0 radical (unpaired) electrons. The van der Waals surface area contributed by atoms with Crippen LogP contribution in [0.15, 0.2) is 0 Å². The van der Waals surface area contributed by atoms with Crippen molar-refractivity contribution in [1.29, 1.82) is 0 Å². The third kappa shape index (κ3) is 3.99. The monoisotopic (exact) mass is 310 g/mol. The fourth-order valence-electron chi connectivity index (χ4n) is 3.46. The van der Waals surface area contributed by atoms with Crippen molar-refractivity contribution in [2.75, 3.05) is 6.54 Å². The van der Waals surface area contributed by atoms with E-state index in [1.54, 1.807) is 0 Å². The summed E-state index contributed by atoms with van der Waals surface area (Å²) in [6.07, 6.45) is 4.92. The predicted octanol–water partition coefficient (Wildman–Crippen LogP) is 1.39. The van der Waals surface area contributed by atoms with Crippen LogP contribution in [-0.4, -0.2) is 46.4 Å². The SMILES string of the molecule is CC(C)C[C@@H](NC(=O)C1CC(=O)N(C2CCCC2)C1)C(=O)O. The Morgan fingerprint density at radius 3 is 2.50 bits per heavy atom. The molecule has 2 aliphatic rings. The molecule has 0 bridgehead atoms. The number of hydrogen-bond acceptors (Lipinski definition) is 3. The van der Waals surface area contributed by atoms with Crippen LogP contribution in [0.1, 0.15) is 52.4 Å². The third-order valence-electron chi connectivity index (χ3n) is 4.62. The minimum Gasteiger partial charge on any atom is -0.480 e. The van der Waals surface area contributed by atoms with Crippen molar-refractivity contribution >= 4 is 17.8 Å². The van der Waals surface area contributed by atoms with Gasteiger partial charge in [0.15, 0.2) is 0 Å². The molecule has 1 heterocycles. The summed E-state index contributed by atoms with van der Waals surface area (Å²) in [6, 6.07) is -0.598. The zero-order valence-electron chi connectivity index (χ0n) is 13.4. The van der Waals surface area contributed by atoms with Gasteiger partial charge in [-0.15, -0.1) is 0 Å². The summed E-state index contributed by atoms with van der Waals surface area (Å²) in [5.41, 5.74) is 0. The molecule has 2 N–H and O–H groups in total. The van der Waals surface area contributed by atoms with Crippen molar-refractivity contribution in [2.24, 2.45) is 11.8 Å². The van der Waals surface area contributed by atoms with E-state index in [2.05, 4.69) is 5.32 Å². The molecule has 2 rings (SSSR count). The van der Waals surface area contributed by atoms with Crippen LogP contribution < -0.4 is 5.32 Å². The number of carboxylic acids is 1. The van der Waals surface area contributed by atoms with E-state index >= 15 is 0 Å². The molecule has 2 amide bonds. The van der Waals surface area contributed by atoms with E-state index in [1.807, 2.05) is 18.7 Å². The van der Waals surface area contributed by atoms with Crippen LogP contribution in [0.2, 0.25) is 0 Å². The molecular formula is C16H26N2O4. The lowest BCUT2D eigenvalue weighted by atomic mass is 10.0. The molecule has 1 unspecified atom stereocenters. The Hall–Kier alpha value is -1.59. The van der Waals surface area contributed by atoms with Crippen LogP contribution in [0.25, 0.3) is 0 Å². The average molecular weight is 310 g/mol. The van der Waals surface area contributed by atoms with Crippen molar-refractivity contribution in [3.63, 3.8) is 0 Å². The first kappa shape index (κ1) is 16.8. The fourth-order valence-corrected chi connectivity index (χ4v) is 3.46. The molecule has 2 fully saturated rings. The van der Waals surface area contributed by atoms with Gasteiger partial charge in [-0.2, -0.15) is 0 Å². The quantitative estimate of drug-likeness (QED) is 0.776. The maximum absolute atomic E-state index is 12.3. The Bertz CT molecular complexity index is 443. The summed E-state index contributed by atoms with van der Waals surface area (Å²) < 4.78 is 0. The standard InChI is InChI=1S/C16H26N2O4/c1-10(2)7-13(16(21)22)17-15(20)11-8-14(19)18(9-11)12-5-3-4-6-12/h10-13H,3-9H2,1-2H3,(H,17,20)(H,21,22)/t11?,13-/m1/s1. The first-order valence-electron chi connectivity index (χ1n) is 8.21. The molecule has 1 aliphatic heterocycles. The van der Waals surface area contributed by atoms with Crippen LogP contribution in [0, 0.1) is 11.8 Å². The predicted molar refractivity (Wildman–Crippen MR) is 81.1 cm³/mol. The van der Waals surface area contributed by atoms with Crippen LogP contribution in [-0.2, 0) is 14.4 Å². The molecule has 6 nitrogen and oxygen atoms in total. The second-order valence-corrected chi connectivity index (χ2v) is 6.91. The highest BCUT2D eigenvalue weighted by Gasteiger charge is 2.39. The molecule has 1 saturated heterocycles. The number of rotatable bonds is 6. The van der Waals surface area contributed by atoms with Crippen LogP contribution in [0.3, 0.4) is 0 Å². The number of nitrogens with one attached hydrogen (secondary N) is 1. The first-order chi connectivity index (χ1) is 10.4. The fraction of sp³-hybridized carbons (Fsp3) is 0.812. The minimum absolute atomic E-state index is 0.0304. The van der Waals surface area contributed by atoms with E-state index in [1.165, 1.54) is 0 Å². The number of carbonyl (C=O) groups is 3. The molecule has 22 heavy (non-hydrogen) atoms. The second kappa shape index (κ2) is 7.11. The van der Waals surface area contributed by atoms with Gasteiger partial charge in [-0.3, -0.25) is 9.59 Å². The van der Waals surface area contributed by atoms with E-state index in [9.17, 15) is 19.5 Å². The number of aliphatic carboxylic acids is 1.